The van der Waals surface area contributed by atoms with E-state index in [1.807, 2.05) is 236 Å². The van der Waals surface area contributed by atoms with Crippen LogP contribution in [0.2, 0.25) is 0 Å². The van der Waals surface area contributed by atoms with E-state index < -0.39 is 11.1 Å². The van der Waals surface area contributed by atoms with Gasteiger partial charge in [-0.3, -0.25) is 0 Å². The van der Waals surface area contributed by atoms with Crippen LogP contribution in [0.25, 0.3) is 10.4 Å². The largest absolute Gasteiger partial charge is 2.00 e. The SMILES string of the molecule is CC.CC.CC.CC.CC.CC.CC.CC.CC(C)(N)c1ccccc1.CC(C)(N=[N+]=[N-])c1ccccc1.CC(C)(O)c1ccccc1.COC(=O)c1ccccc1.[Br-].[CH3-].[Mg+2]. The Morgan fingerprint density at radius 3 is 0.984 bits per heavy atom. The summed E-state index contributed by atoms with van der Waals surface area (Å²) in [5.41, 5.74) is 16.6. The predicted octanol–water partition coefficient (Wildman–Crippen LogP) is 13.8. The zero-order valence-corrected chi connectivity index (χ0v) is 46.8. The van der Waals surface area contributed by atoms with E-state index in [0.717, 1.165) is 11.1 Å². The topological polar surface area (TPSA) is 121 Å². The van der Waals surface area contributed by atoms with Crippen molar-refractivity contribution in [1.29, 1.82) is 0 Å². The van der Waals surface area contributed by atoms with Crippen LogP contribution in [-0.4, -0.2) is 41.2 Å². The first-order valence-corrected chi connectivity index (χ1v) is 21.6. The van der Waals surface area contributed by atoms with Crippen molar-refractivity contribution >= 4 is 29.0 Å². The predicted molar refractivity (Wildman–Crippen MR) is 275 cm³/mol. The van der Waals surface area contributed by atoms with Gasteiger partial charge in [-0.25, -0.2) is 4.79 Å². The molecular weight excluding hydrogens is 833 g/mol. The van der Waals surface area contributed by atoms with Crippen LogP contribution in [0.1, 0.15) is 179 Å². The number of nitrogens with zero attached hydrogens (tertiary/aromatic N) is 3. The monoisotopic (exact) mass is 927 g/mol. The fraction of sp³-hybridized carbons (Fsp3) is 0.500. The fourth-order valence-electron chi connectivity index (χ4n) is 3.42. The van der Waals surface area contributed by atoms with Crippen LogP contribution in [0.15, 0.2) is 126 Å². The second kappa shape index (κ2) is 63.5. The number of halogens is 1. The minimum atomic E-state index is -0.707. The molecule has 9 heteroatoms. The summed E-state index contributed by atoms with van der Waals surface area (Å²) in [5, 5.41) is 13.2. The van der Waals surface area contributed by atoms with Gasteiger partial charge in [0.15, 0.2) is 0 Å². The first-order chi connectivity index (χ1) is 27.7. The van der Waals surface area contributed by atoms with Crippen molar-refractivity contribution in [1.82, 2.24) is 0 Å². The van der Waals surface area contributed by atoms with E-state index in [1.54, 1.807) is 38.1 Å². The first-order valence-electron chi connectivity index (χ1n) is 21.6. The van der Waals surface area contributed by atoms with Crippen LogP contribution in [0, 0.1) is 7.43 Å². The summed E-state index contributed by atoms with van der Waals surface area (Å²) in [7, 11) is 1.37. The number of nitrogens with two attached hydrogens (primary N) is 1. The summed E-state index contributed by atoms with van der Waals surface area (Å²) >= 11 is 0. The molecule has 0 amide bonds. The standard InChI is InChI=1S/C9H11N3.C9H13N.C9H12O.C8H8O2.8C2H6.CH3.BrH.Mg/c1-9(2,11-12-10)8-6-4-3-5-7-8;2*1-9(2,10)8-6-4-3-5-7-8;1-10-8(9)7-5-3-2-4-6-7;8*1-2;;;/h3-7H,1-2H3;3-7H,10H2,1-2H3;3-7,10H,1-2H3;2-6H,1H3;8*1-2H3;1H3;1H;/q;;;;;;;;;;;;-1;;+2/p-1. The number of hydrogen-bond acceptors (Lipinski definition) is 5. The third-order valence-electron chi connectivity index (χ3n) is 5.97. The molecule has 3 N–H and O–H groups in total. The molecule has 0 radical (unpaired) electrons. The van der Waals surface area contributed by atoms with E-state index in [0.29, 0.717) is 5.56 Å². The number of benzene rings is 4. The summed E-state index contributed by atoms with van der Waals surface area (Å²) in [4.78, 5) is 13.6. The van der Waals surface area contributed by atoms with Gasteiger partial charge in [-0.1, -0.05) is 239 Å². The molecule has 61 heavy (non-hydrogen) atoms. The Labute approximate surface area is 406 Å². The quantitative estimate of drug-likeness (QED) is 0.0517. The molecule has 0 fully saturated rings. The van der Waals surface area contributed by atoms with Gasteiger partial charge in [0.25, 0.3) is 0 Å². The van der Waals surface area contributed by atoms with Crippen LogP contribution in [0.5, 0.6) is 0 Å². The Morgan fingerprint density at radius 2 is 0.787 bits per heavy atom. The Bertz CT molecular complexity index is 1310. The van der Waals surface area contributed by atoms with Crippen molar-refractivity contribution in [2.75, 3.05) is 7.11 Å². The van der Waals surface area contributed by atoms with Gasteiger partial charge < -0.3 is 40.0 Å². The van der Waals surface area contributed by atoms with Crippen LogP contribution >= 0.6 is 0 Å². The number of carbonyl (C=O) groups is 1. The molecule has 0 aliphatic carbocycles. The summed E-state index contributed by atoms with van der Waals surface area (Å²) in [6.45, 7) is 43.3. The molecule has 0 saturated carbocycles. The van der Waals surface area contributed by atoms with E-state index in [4.69, 9.17) is 11.3 Å². The molecule has 4 aromatic carbocycles. The molecule has 0 spiro atoms. The molecular formula is C52H95BrMgN4O3. The fourth-order valence-corrected chi connectivity index (χ4v) is 3.42. The molecule has 0 atom stereocenters. The van der Waals surface area contributed by atoms with Gasteiger partial charge in [-0.2, -0.15) is 0 Å². The van der Waals surface area contributed by atoms with Crippen molar-refractivity contribution in [3.8, 4) is 0 Å². The zero-order chi connectivity index (χ0) is 47.7. The van der Waals surface area contributed by atoms with Crippen LogP contribution in [-0.2, 0) is 21.4 Å². The summed E-state index contributed by atoms with van der Waals surface area (Å²) in [6.07, 6.45) is 0. The number of methoxy groups -OCH3 is 1. The summed E-state index contributed by atoms with van der Waals surface area (Å²) in [6, 6.07) is 38.3. The second-order valence-corrected chi connectivity index (χ2v) is 11.0. The minimum Gasteiger partial charge on any atom is -1.00 e. The maximum absolute atomic E-state index is 10.8. The number of aliphatic hydroxyl groups is 1. The third kappa shape index (κ3) is 52.9. The minimum absolute atomic E-state index is 0. The molecule has 7 nitrogen and oxygen atoms in total. The number of hydrogen-bond donors (Lipinski definition) is 2. The second-order valence-electron chi connectivity index (χ2n) is 11.0. The average molecular weight is 929 g/mol. The number of esters is 1. The van der Waals surface area contributed by atoms with Crippen molar-refractivity contribution in [2.45, 2.75) is 169 Å². The van der Waals surface area contributed by atoms with Gasteiger partial charge in [0.2, 0.25) is 0 Å². The number of carbonyl (C=O) groups excluding carboxylic acids is 1. The molecule has 0 aromatic heterocycles. The van der Waals surface area contributed by atoms with Gasteiger partial charge in [-0.05, 0) is 62.0 Å². The Kier molecular flexibility index (Phi) is 88.6. The van der Waals surface area contributed by atoms with Crippen molar-refractivity contribution in [3.05, 3.63) is 161 Å². The number of ether oxygens (including phenoxy) is 1. The Morgan fingerprint density at radius 1 is 0.541 bits per heavy atom. The van der Waals surface area contributed by atoms with Crippen molar-refractivity contribution in [2.24, 2.45) is 10.8 Å². The maximum Gasteiger partial charge on any atom is 2.00 e. The van der Waals surface area contributed by atoms with E-state index in [1.165, 1.54) is 12.7 Å². The van der Waals surface area contributed by atoms with Crippen molar-refractivity contribution < 1.29 is 31.6 Å². The van der Waals surface area contributed by atoms with E-state index in [9.17, 15) is 9.90 Å². The zero-order valence-electron chi connectivity index (χ0n) is 43.8. The smallest absolute Gasteiger partial charge is 1.00 e. The van der Waals surface area contributed by atoms with Crippen LogP contribution in [0.3, 0.4) is 0 Å². The molecule has 4 aromatic rings. The average Bonchev–Trinajstić information content (AvgIpc) is 3.30. The normalized spacial score (nSPS) is 8.08. The summed E-state index contributed by atoms with van der Waals surface area (Å²) in [5.74, 6) is -0.291. The van der Waals surface area contributed by atoms with Crippen molar-refractivity contribution in [3.63, 3.8) is 0 Å². The van der Waals surface area contributed by atoms with E-state index in [-0.39, 0.29) is 59.0 Å². The molecule has 0 bridgehead atoms. The van der Waals surface area contributed by atoms with E-state index in [2.05, 4.69) is 14.8 Å². The van der Waals surface area contributed by atoms with Gasteiger partial charge >= 0.3 is 29.0 Å². The summed E-state index contributed by atoms with van der Waals surface area (Å²) < 4.78 is 4.50. The third-order valence-corrected chi connectivity index (χ3v) is 5.97. The van der Waals surface area contributed by atoms with Gasteiger partial charge in [0.1, 0.15) is 0 Å². The molecule has 4 rings (SSSR count). The molecule has 0 aliphatic heterocycles. The molecule has 0 aliphatic rings. The number of rotatable bonds is 5. The Hall–Kier alpha value is -3.17. The Balaban J connectivity index is -0.0000000538. The molecule has 0 heterocycles. The van der Waals surface area contributed by atoms with E-state index >= 15 is 0 Å². The van der Waals surface area contributed by atoms with Crippen LogP contribution < -0.4 is 22.7 Å². The molecule has 0 unspecified atom stereocenters. The maximum atomic E-state index is 10.8. The van der Waals surface area contributed by atoms with Gasteiger partial charge in [0.05, 0.1) is 23.8 Å². The number of azide groups is 1. The van der Waals surface area contributed by atoms with Crippen LogP contribution in [0.4, 0.5) is 0 Å². The van der Waals surface area contributed by atoms with Gasteiger partial charge in [-0.15, -0.1) is 0 Å². The first kappa shape index (κ1) is 85.2. The molecule has 0 saturated heterocycles. The van der Waals surface area contributed by atoms with Gasteiger partial charge in [0, 0.05) is 10.5 Å². The molecule has 350 valence electrons.